The normalized spacial score (nSPS) is 14.2. The molecule has 1 unspecified atom stereocenters. The summed E-state index contributed by atoms with van der Waals surface area (Å²) in [5.74, 6) is -0.425. The predicted octanol–water partition coefficient (Wildman–Crippen LogP) is 3.13. The average molecular weight is 407 g/mol. The van der Waals surface area contributed by atoms with E-state index < -0.39 is 6.04 Å². The highest BCUT2D eigenvalue weighted by Crippen LogP contribution is 2.26. The third-order valence-electron chi connectivity index (χ3n) is 4.72. The van der Waals surface area contributed by atoms with E-state index in [0.29, 0.717) is 22.0 Å². The number of rotatable bonds is 7. The molecule has 3 aromatic rings. The highest BCUT2D eigenvalue weighted by Gasteiger charge is 2.29. The molecule has 7 heteroatoms. The SMILES string of the molecule is Cc1nc(-c2ccccn2)sc1C(=O)NC(Cc1ccccc1)C(=O)NC1CC1. The number of aromatic nitrogens is 2. The van der Waals surface area contributed by atoms with E-state index in [0.717, 1.165) is 24.1 Å². The molecule has 1 fully saturated rings. The predicted molar refractivity (Wildman–Crippen MR) is 113 cm³/mol. The minimum Gasteiger partial charge on any atom is -0.352 e. The first-order valence-electron chi connectivity index (χ1n) is 9.64. The van der Waals surface area contributed by atoms with Gasteiger partial charge in [0.15, 0.2) is 0 Å². The molecule has 0 saturated heterocycles. The Morgan fingerprint density at radius 1 is 1.14 bits per heavy atom. The van der Waals surface area contributed by atoms with Crippen molar-refractivity contribution in [2.75, 3.05) is 0 Å². The third kappa shape index (κ3) is 4.86. The number of hydrogen-bond acceptors (Lipinski definition) is 5. The van der Waals surface area contributed by atoms with E-state index >= 15 is 0 Å². The van der Waals surface area contributed by atoms with E-state index in [2.05, 4.69) is 20.6 Å². The van der Waals surface area contributed by atoms with Crippen LogP contribution in [0.3, 0.4) is 0 Å². The third-order valence-corrected chi connectivity index (χ3v) is 5.89. The fraction of sp³-hybridized carbons (Fsp3) is 0.273. The fourth-order valence-corrected chi connectivity index (χ4v) is 3.96. The average Bonchev–Trinajstić information content (AvgIpc) is 3.47. The van der Waals surface area contributed by atoms with Crippen LogP contribution in [-0.2, 0) is 11.2 Å². The first-order valence-corrected chi connectivity index (χ1v) is 10.5. The number of aryl methyl sites for hydroxylation is 1. The summed E-state index contributed by atoms with van der Waals surface area (Å²) >= 11 is 1.29. The van der Waals surface area contributed by atoms with Gasteiger partial charge in [0.1, 0.15) is 15.9 Å². The molecule has 0 aliphatic heterocycles. The van der Waals surface area contributed by atoms with Crippen LogP contribution in [0.2, 0.25) is 0 Å². The van der Waals surface area contributed by atoms with Gasteiger partial charge < -0.3 is 10.6 Å². The lowest BCUT2D eigenvalue weighted by atomic mass is 10.0. The second-order valence-corrected chi connectivity index (χ2v) is 8.15. The van der Waals surface area contributed by atoms with Crippen LogP contribution in [-0.4, -0.2) is 33.9 Å². The van der Waals surface area contributed by atoms with Crippen molar-refractivity contribution in [3.05, 3.63) is 70.9 Å². The summed E-state index contributed by atoms with van der Waals surface area (Å²) < 4.78 is 0. The summed E-state index contributed by atoms with van der Waals surface area (Å²) in [5, 5.41) is 6.61. The molecule has 2 amide bonds. The number of carbonyl (C=O) groups excluding carboxylic acids is 2. The van der Waals surface area contributed by atoms with Gasteiger partial charge in [0.2, 0.25) is 5.91 Å². The molecular weight excluding hydrogens is 384 g/mol. The molecule has 1 aromatic carbocycles. The molecular formula is C22H22N4O2S. The van der Waals surface area contributed by atoms with Crippen molar-refractivity contribution >= 4 is 23.2 Å². The molecule has 1 aliphatic rings. The first-order chi connectivity index (χ1) is 14.1. The molecule has 1 saturated carbocycles. The van der Waals surface area contributed by atoms with Crippen molar-refractivity contribution in [3.63, 3.8) is 0 Å². The standard InChI is InChI=1S/C22H22N4O2S/c1-14-19(29-22(24-14)17-9-5-6-12-23-17)21(28)26-18(20(27)25-16-10-11-16)13-15-7-3-2-4-8-15/h2-9,12,16,18H,10-11,13H2,1H3,(H,25,27)(H,26,28). The lowest BCUT2D eigenvalue weighted by Crippen LogP contribution is -2.48. The Kier molecular flexibility index (Phi) is 5.67. The maximum absolute atomic E-state index is 13.0. The van der Waals surface area contributed by atoms with Crippen molar-refractivity contribution < 1.29 is 9.59 Å². The number of benzene rings is 1. The maximum Gasteiger partial charge on any atom is 0.263 e. The monoisotopic (exact) mass is 406 g/mol. The summed E-state index contributed by atoms with van der Waals surface area (Å²) in [6, 6.07) is 14.9. The van der Waals surface area contributed by atoms with Gasteiger partial charge in [0, 0.05) is 18.7 Å². The highest BCUT2D eigenvalue weighted by atomic mass is 32.1. The van der Waals surface area contributed by atoms with E-state index in [1.165, 1.54) is 11.3 Å². The molecule has 2 aromatic heterocycles. The summed E-state index contributed by atoms with van der Waals surface area (Å²) in [7, 11) is 0. The van der Waals surface area contributed by atoms with Crippen LogP contribution in [0.5, 0.6) is 0 Å². The Bertz CT molecular complexity index is 1000. The number of thiazole rings is 1. The van der Waals surface area contributed by atoms with Gasteiger partial charge in [-0.2, -0.15) is 0 Å². The van der Waals surface area contributed by atoms with Crippen molar-refractivity contribution in [1.29, 1.82) is 0 Å². The number of hydrogen-bond donors (Lipinski definition) is 2. The van der Waals surface area contributed by atoms with E-state index in [1.807, 2.05) is 48.5 Å². The smallest absolute Gasteiger partial charge is 0.263 e. The molecule has 1 atom stereocenters. The second kappa shape index (κ2) is 8.53. The molecule has 0 radical (unpaired) electrons. The molecule has 0 spiro atoms. The topological polar surface area (TPSA) is 84.0 Å². The van der Waals surface area contributed by atoms with Gasteiger partial charge in [-0.25, -0.2) is 4.98 Å². The Labute approximate surface area is 173 Å². The van der Waals surface area contributed by atoms with Crippen LogP contribution in [0.1, 0.15) is 33.8 Å². The van der Waals surface area contributed by atoms with Gasteiger partial charge in [-0.15, -0.1) is 11.3 Å². The van der Waals surface area contributed by atoms with Crippen LogP contribution in [0, 0.1) is 6.92 Å². The summed E-state index contributed by atoms with van der Waals surface area (Å²) in [6.07, 6.45) is 4.14. The zero-order valence-electron chi connectivity index (χ0n) is 16.1. The Morgan fingerprint density at radius 3 is 2.59 bits per heavy atom. The number of amides is 2. The molecule has 2 heterocycles. The molecule has 2 N–H and O–H groups in total. The van der Waals surface area contributed by atoms with Crippen LogP contribution in [0.15, 0.2) is 54.7 Å². The van der Waals surface area contributed by atoms with Crippen molar-refractivity contribution in [2.45, 2.75) is 38.3 Å². The zero-order chi connectivity index (χ0) is 20.2. The Balaban J connectivity index is 1.52. The summed E-state index contributed by atoms with van der Waals surface area (Å²) in [6.45, 7) is 1.80. The lowest BCUT2D eigenvalue weighted by Gasteiger charge is -2.18. The molecule has 0 bridgehead atoms. The van der Waals surface area contributed by atoms with Gasteiger partial charge in [0.25, 0.3) is 5.91 Å². The minimum atomic E-state index is -0.634. The van der Waals surface area contributed by atoms with Gasteiger partial charge in [-0.05, 0) is 37.5 Å². The van der Waals surface area contributed by atoms with Gasteiger partial charge in [-0.3, -0.25) is 14.6 Å². The molecule has 6 nitrogen and oxygen atoms in total. The van der Waals surface area contributed by atoms with E-state index in [4.69, 9.17) is 0 Å². The first kappa shape index (κ1) is 19.3. The van der Waals surface area contributed by atoms with Crippen LogP contribution in [0.25, 0.3) is 10.7 Å². The van der Waals surface area contributed by atoms with Crippen molar-refractivity contribution in [1.82, 2.24) is 20.6 Å². The van der Waals surface area contributed by atoms with Gasteiger partial charge in [-0.1, -0.05) is 36.4 Å². The second-order valence-electron chi connectivity index (χ2n) is 7.15. The zero-order valence-corrected chi connectivity index (χ0v) is 16.9. The number of carbonyl (C=O) groups is 2. The molecule has 4 rings (SSSR count). The summed E-state index contributed by atoms with van der Waals surface area (Å²) in [4.78, 5) is 35.0. The van der Waals surface area contributed by atoms with Crippen LogP contribution >= 0.6 is 11.3 Å². The summed E-state index contributed by atoms with van der Waals surface area (Å²) in [5.41, 5.74) is 2.36. The molecule has 1 aliphatic carbocycles. The fourth-order valence-electron chi connectivity index (χ4n) is 3.02. The maximum atomic E-state index is 13.0. The number of nitrogens with zero attached hydrogens (tertiary/aromatic N) is 2. The lowest BCUT2D eigenvalue weighted by molar-refractivity contribution is -0.123. The quantitative estimate of drug-likeness (QED) is 0.631. The Morgan fingerprint density at radius 2 is 1.90 bits per heavy atom. The van der Waals surface area contributed by atoms with Crippen molar-refractivity contribution in [2.24, 2.45) is 0 Å². The van der Waals surface area contributed by atoms with Crippen LogP contribution < -0.4 is 10.6 Å². The largest absolute Gasteiger partial charge is 0.352 e. The van der Waals surface area contributed by atoms with E-state index in [-0.39, 0.29) is 17.9 Å². The van der Waals surface area contributed by atoms with E-state index in [1.54, 1.807) is 13.1 Å². The van der Waals surface area contributed by atoms with Crippen LogP contribution in [0.4, 0.5) is 0 Å². The van der Waals surface area contributed by atoms with Crippen molar-refractivity contribution in [3.8, 4) is 10.7 Å². The number of nitrogens with one attached hydrogen (secondary N) is 2. The molecule has 148 valence electrons. The van der Waals surface area contributed by atoms with Gasteiger partial charge >= 0.3 is 0 Å². The Hall–Kier alpha value is -3.06. The minimum absolute atomic E-state index is 0.142. The highest BCUT2D eigenvalue weighted by molar-refractivity contribution is 7.17. The molecule has 29 heavy (non-hydrogen) atoms. The van der Waals surface area contributed by atoms with E-state index in [9.17, 15) is 9.59 Å². The number of pyridine rings is 1. The van der Waals surface area contributed by atoms with Gasteiger partial charge in [0.05, 0.1) is 11.4 Å².